The van der Waals surface area contributed by atoms with Gasteiger partial charge in [0.2, 0.25) is 5.17 Å². The van der Waals surface area contributed by atoms with Gasteiger partial charge in [0.05, 0.1) is 16.2 Å². The van der Waals surface area contributed by atoms with Crippen LogP contribution in [0.15, 0.2) is 82.5 Å². The number of nitrogens with zero attached hydrogens (tertiary/aromatic N) is 5. The van der Waals surface area contributed by atoms with Crippen molar-refractivity contribution in [3.63, 3.8) is 0 Å². The second-order valence-electron chi connectivity index (χ2n) is 7.65. The number of nitrogens with one attached hydrogen (secondary N) is 1. The second kappa shape index (κ2) is 9.03. The standard InChI is InChI=1S/C24H18N6O4S/c1-15-6-2-3-10-20(15)34-14-21-27-29-22(25)19(23(31)26-24(29)35-21)13-17-9-5-11-28(17)16-7-4-8-18(12-16)30(32)33/h2-13,25H,14H2,1H3/b19-13-,25-22?. The number of carbonyl (C=O) groups is 1. The lowest BCUT2D eigenvalue weighted by molar-refractivity contribution is -0.384. The molecule has 5 rings (SSSR count). The minimum atomic E-state index is -0.559. The number of amides is 1. The molecule has 2 aliphatic heterocycles. The fourth-order valence-electron chi connectivity index (χ4n) is 3.60. The summed E-state index contributed by atoms with van der Waals surface area (Å²) in [6.45, 7) is 2.13. The molecule has 3 aromatic rings. The summed E-state index contributed by atoms with van der Waals surface area (Å²) in [5.74, 6) is 0.0678. The van der Waals surface area contributed by atoms with E-state index in [1.165, 1.54) is 35.0 Å². The molecule has 0 aliphatic carbocycles. The highest BCUT2D eigenvalue weighted by atomic mass is 32.2. The van der Waals surface area contributed by atoms with Gasteiger partial charge in [0.15, 0.2) is 5.84 Å². The van der Waals surface area contributed by atoms with Crippen LogP contribution in [0.5, 0.6) is 5.75 Å². The molecule has 35 heavy (non-hydrogen) atoms. The Kier molecular flexibility index (Phi) is 5.75. The Morgan fingerprint density at radius 1 is 1.17 bits per heavy atom. The lowest BCUT2D eigenvalue weighted by Gasteiger charge is -2.20. The lowest BCUT2D eigenvalue weighted by Crippen LogP contribution is -2.35. The number of hydrogen-bond acceptors (Lipinski definition) is 7. The molecule has 3 heterocycles. The maximum atomic E-state index is 12.8. The maximum Gasteiger partial charge on any atom is 0.283 e. The number of aliphatic imine (C=N–C) groups is 1. The van der Waals surface area contributed by atoms with E-state index in [0.717, 1.165) is 11.3 Å². The number of hydrogen-bond donors (Lipinski definition) is 1. The number of hydrazone groups is 1. The predicted octanol–water partition coefficient (Wildman–Crippen LogP) is 4.39. The second-order valence-corrected chi connectivity index (χ2v) is 8.69. The van der Waals surface area contributed by atoms with Gasteiger partial charge in [-0.25, -0.2) is 0 Å². The summed E-state index contributed by atoms with van der Waals surface area (Å²) >= 11 is 1.18. The topological polar surface area (TPSA) is 126 Å². The molecule has 1 amide bonds. The van der Waals surface area contributed by atoms with Crippen LogP contribution in [-0.4, -0.2) is 43.1 Å². The van der Waals surface area contributed by atoms with Crippen LogP contribution in [-0.2, 0) is 4.79 Å². The van der Waals surface area contributed by atoms with Gasteiger partial charge in [0, 0.05) is 24.0 Å². The van der Waals surface area contributed by atoms with Crippen molar-refractivity contribution >= 4 is 45.5 Å². The number of aryl methyl sites for hydroxylation is 1. The highest BCUT2D eigenvalue weighted by molar-refractivity contribution is 8.27. The third kappa shape index (κ3) is 4.36. The number of rotatable bonds is 6. The number of non-ortho nitro benzene ring substituents is 1. The Morgan fingerprint density at radius 2 is 2.00 bits per heavy atom. The van der Waals surface area contributed by atoms with E-state index in [0.29, 0.717) is 21.6 Å². The van der Waals surface area contributed by atoms with E-state index in [4.69, 9.17) is 10.1 Å². The smallest absolute Gasteiger partial charge is 0.283 e. The first-order valence-corrected chi connectivity index (χ1v) is 11.3. The van der Waals surface area contributed by atoms with E-state index in [-0.39, 0.29) is 23.7 Å². The predicted molar refractivity (Wildman–Crippen MR) is 134 cm³/mol. The summed E-state index contributed by atoms with van der Waals surface area (Å²) in [6.07, 6.45) is 3.26. The fourth-order valence-corrected chi connectivity index (χ4v) is 4.40. The quantitative estimate of drug-likeness (QED) is 0.313. The van der Waals surface area contributed by atoms with Gasteiger partial charge in [-0.15, -0.1) is 0 Å². The molecule has 2 aliphatic rings. The highest BCUT2D eigenvalue weighted by Gasteiger charge is 2.36. The number of carbonyl (C=O) groups excluding carboxylic acids is 1. The van der Waals surface area contributed by atoms with Gasteiger partial charge in [-0.3, -0.25) is 20.3 Å². The minimum Gasteiger partial charge on any atom is -0.486 e. The van der Waals surface area contributed by atoms with Crippen LogP contribution < -0.4 is 4.74 Å². The van der Waals surface area contributed by atoms with Crippen LogP contribution in [0.2, 0.25) is 0 Å². The van der Waals surface area contributed by atoms with Crippen molar-refractivity contribution < 1.29 is 14.5 Å². The zero-order valence-corrected chi connectivity index (χ0v) is 19.2. The minimum absolute atomic E-state index is 0.0468. The number of fused-ring (bicyclic) bond motifs is 1. The van der Waals surface area contributed by atoms with Crippen LogP contribution in [0, 0.1) is 22.4 Å². The molecule has 11 heteroatoms. The van der Waals surface area contributed by atoms with Crippen molar-refractivity contribution in [3.05, 3.63) is 93.8 Å². The molecular formula is C24H18N6O4S. The molecule has 0 saturated heterocycles. The van der Waals surface area contributed by atoms with Gasteiger partial charge in [-0.05, 0) is 54.6 Å². The summed E-state index contributed by atoms with van der Waals surface area (Å²) in [5, 5.41) is 26.4. The highest BCUT2D eigenvalue weighted by Crippen LogP contribution is 2.29. The van der Waals surface area contributed by atoms with Gasteiger partial charge in [0.25, 0.3) is 11.6 Å². The number of aromatic nitrogens is 1. The van der Waals surface area contributed by atoms with Gasteiger partial charge < -0.3 is 9.30 Å². The summed E-state index contributed by atoms with van der Waals surface area (Å²) in [6, 6.07) is 17.3. The molecule has 0 radical (unpaired) electrons. The number of thioether (sulfide) groups is 1. The number of para-hydroxylation sites is 1. The summed E-state index contributed by atoms with van der Waals surface area (Å²) in [5.41, 5.74) is 2.13. The maximum absolute atomic E-state index is 12.8. The zero-order chi connectivity index (χ0) is 24.5. The van der Waals surface area contributed by atoms with Crippen LogP contribution in [0.3, 0.4) is 0 Å². The number of ether oxygens (including phenoxy) is 1. The van der Waals surface area contributed by atoms with Crippen LogP contribution in [0.1, 0.15) is 11.3 Å². The Labute approximate surface area is 203 Å². The summed E-state index contributed by atoms with van der Waals surface area (Å²) < 4.78 is 7.54. The van der Waals surface area contributed by atoms with E-state index in [2.05, 4.69) is 10.1 Å². The Bertz CT molecular complexity index is 1470. The first kappa shape index (κ1) is 22.3. The molecule has 1 aromatic heterocycles. The molecule has 0 spiro atoms. The average Bonchev–Trinajstić information content (AvgIpc) is 3.48. The van der Waals surface area contributed by atoms with E-state index < -0.39 is 10.8 Å². The van der Waals surface area contributed by atoms with E-state index in [1.807, 2.05) is 31.2 Å². The lowest BCUT2D eigenvalue weighted by atomic mass is 10.1. The molecule has 2 aromatic carbocycles. The Hall–Kier alpha value is -4.51. The molecule has 1 N–H and O–H groups in total. The van der Waals surface area contributed by atoms with E-state index in [9.17, 15) is 14.9 Å². The molecule has 0 fully saturated rings. The first-order chi connectivity index (χ1) is 16.9. The van der Waals surface area contributed by atoms with Gasteiger partial charge in [-0.1, -0.05) is 24.3 Å². The van der Waals surface area contributed by atoms with E-state index in [1.54, 1.807) is 35.0 Å². The largest absolute Gasteiger partial charge is 0.486 e. The molecule has 0 bridgehead atoms. The van der Waals surface area contributed by atoms with Crippen molar-refractivity contribution in [2.24, 2.45) is 10.1 Å². The van der Waals surface area contributed by atoms with Gasteiger partial charge in [0.1, 0.15) is 17.4 Å². The van der Waals surface area contributed by atoms with Crippen molar-refractivity contribution in [3.8, 4) is 11.4 Å². The monoisotopic (exact) mass is 486 g/mol. The SMILES string of the molecule is Cc1ccccc1OCC1=NN2C(=N)/C(=C/c3cccn3-c3cccc([N+](=O)[O-])c3)C(=O)N=C2S1. The van der Waals surface area contributed by atoms with Crippen LogP contribution in [0.4, 0.5) is 5.69 Å². The third-order valence-corrected chi connectivity index (χ3v) is 6.21. The van der Waals surface area contributed by atoms with Crippen molar-refractivity contribution in [2.75, 3.05) is 6.61 Å². The number of nitro benzene ring substituents is 1. The molecular weight excluding hydrogens is 468 g/mol. The van der Waals surface area contributed by atoms with Gasteiger partial charge >= 0.3 is 0 Å². The number of amidine groups is 2. The molecule has 10 nitrogen and oxygen atoms in total. The Balaban J connectivity index is 1.40. The van der Waals surface area contributed by atoms with Crippen LogP contribution >= 0.6 is 11.8 Å². The van der Waals surface area contributed by atoms with Crippen molar-refractivity contribution in [1.82, 2.24) is 9.58 Å². The molecule has 0 unspecified atom stereocenters. The van der Waals surface area contributed by atoms with Crippen molar-refractivity contribution in [2.45, 2.75) is 6.92 Å². The Morgan fingerprint density at radius 3 is 2.80 bits per heavy atom. The first-order valence-electron chi connectivity index (χ1n) is 10.5. The van der Waals surface area contributed by atoms with Crippen molar-refractivity contribution in [1.29, 1.82) is 5.41 Å². The molecule has 174 valence electrons. The summed E-state index contributed by atoms with van der Waals surface area (Å²) in [4.78, 5) is 27.6. The van der Waals surface area contributed by atoms with Gasteiger partial charge in [-0.2, -0.15) is 15.1 Å². The molecule has 0 saturated carbocycles. The number of benzene rings is 2. The zero-order valence-electron chi connectivity index (χ0n) is 18.4. The summed E-state index contributed by atoms with van der Waals surface area (Å²) in [7, 11) is 0. The number of nitro groups is 1. The average molecular weight is 487 g/mol. The van der Waals surface area contributed by atoms with E-state index >= 15 is 0 Å². The normalized spacial score (nSPS) is 16.3. The molecule has 0 atom stereocenters. The van der Waals surface area contributed by atoms with Crippen LogP contribution in [0.25, 0.3) is 11.8 Å². The fraction of sp³-hybridized carbons (Fsp3) is 0.0833. The third-order valence-electron chi connectivity index (χ3n) is 5.33.